The molecule has 0 aromatic rings. The molecule has 100 valence electrons. The van der Waals surface area contributed by atoms with Gasteiger partial charge in [0, 0.05) is 12.6 Å². The number of hydrogen-bond donors (Lipinski definition) is 4. The van der Waals surface area contributed by atoms with Crippen LogP contribution in [0.4, 0.5) is 4.79 Å². The number of alkyl carbamates (subject to hydrolysis) is 1. The van der Waals surface area contributed by atoms with Crippen LogP contribution in [-0.2, 0) is 4.74 Å². The first-order valence-electron chi connectivity index (χ1n) is 5.86. The van der Waals surface area contributed by atoms with Crippen molar-refractivity contribution < 1.29 is 19.8 Å². The van der Waals surface area contributed by atoms with Gasteiger partial charge in [0.1, 0.15) is 5.60 Å². The van der Waals surface area contributed by atoms with E-state index in [1.165, 1.54) is 0 Å². The Bertz CT molecular complexity index is 259. The normalized spacial score (nSPS) is 25.9. The third-order valence-corrected chi connectivity index (χ3v) is 2.74. The highest BCUT2D eigenvalue weighted by Crippen LogP contribution is 2.30. The number of amides is 1. The minimum absolute atomic E-state index is 0.0585. The summed E-state index contributed by atoms with van der Waals surface area (Å²) in [5, 5.41) is 20.7. The Hall–Kier alpha value is -0.850. The van der Waals surface area contributed by atoms with Gasteiger partial charge in [-0.15, -0.1) is 0 Å². The molecule has 4 N–H and O–H groups in total. The quantitative estimate of drug-likeness (QED) is 0.546. The predicted octanol–water partition coefficient (Wildman–Crippen LogP) is 0.629. The second kappa shape index (κ2) is 5.66. The smallest absolute Gasteiger partial charge is 0.407 e. The molecule has 1 rings (SSSR count). The van der Waals surface area contributed by atoms with E-state index in [-0.39, 0.29) is 18.5 Å². The van der Waals surface area contributed by atoms with E-state index < -0.39 is 17.8 Å². The fraction of sp³-hybridized carbons (Fsp3) is 0.909. The van der Waals surface area contributed by atoms with Gasteiger partial charge in [0.15, 0.2) is 0 Å². The van der Waals surface area contributed by atoms with Crippen LogP contribution >= 0.6 is 0 Å². The summed E-state index contributed by atoms with van der Waals surface area (Å²) >= 11 is 0. The first-order valence-corrected chi connectivity index (χ1v) is 5.86. The van der Waals surface area contributed by atoms with Crippen LogP contribution in [0.1, 0.15) is 33.6 Å². The third-order valence-electron chi connectivity index (χ3n) is 2.74. The number of carbonyl (C=O) groups excluding carboxylic acids is 1. The summed E-state index contributed by atoms with van der Waals surface area (Å²) in [5.74, 6) is 0.120. The molecule has 1 fully saturated rings. The standard InChI is InChI=1S/C11H22N2O4/c1-11(2,3)17-10(15)13-8-4-7(5-8)9(14)6-12-16/h7-9,12,14,16H,4-6H2,1-3H3,(H,13,15)/t7-,8-,9?. The van der Waals surface area contributed by atoms with Crippen molar-refractivity contribution >= 4 is 6.09 Å². The van der Waals surface area contributed by atoms with Crippen molar-refractivity contribution in [3.63, 3.8) is 0 Å². The number of hydroxylamine groups is 1. The zero-order valence-electron chi connectivity index (χ0n) is 10.6. The molecule has 0 aliphatic heterocycles. The maximum absolute atomic E-state index is 11.4. The molecule has 0 aromatic heterocycles. The number of aliphatic hydroxyl groups excluding tert-OH is 1. The molecule has 1 saturated carbocycles. The molecule has 0 heterocycles. The average Bonchev–Trinajstić information content (AvgIpc) is 2.07. The van der Waals surface area contributed by atoms with Crippen molar-refractivity contribution in [3.8, 4) is 0 Å². The number of rotatable bonds is 4. The molecule has 0 spiro atoms. The zero-order chi connectivity index (χ0) is 13.1. The van der Waals surface area contributed by atoms with Crippen molar-refractivity contribution in [2.24, 2.45) is 5.92 Å². The molecule has 1 atom stereocenters. The molecule has 6 nitrogen and oxygen atoms in total. The number of hydrogen-bond acceptors (Lipinski definition) is 5. The Morgan fingerprint density at radius 2 is 2.06 bits per heavy atom. The van der Waals surface area contributed by atoms with E-state index in [2.05, 4.69) is 5.32 Å². The van der Waals surface area contributed by atoms with Crippen LogP contribution in [0.3, 0.4) is 0 Å². The summed E-state index contributed by atoms with van der Waals surface area (Å²) in [4.78, 5) is 11.4. The van der Waals surface area contributed by atoms with E-state index in [0.717, 1.165) is 0 Å². The van der Waals surface area contributed by atoms with Crippen molar-refractivity contribution in [2.45, 2.75) is 51.4 Å². The summed E-state index contributed by atoms with van der Waals surface area (Å²) in [6.07, 6.45) is 0.428. The van der Waals surface area contributed by atoms with Gasteiger partial charge in [0.05, 0.1) is 6.10 Å². The summed E-state index contributed by atoms with van der Waals surface area (Å²) in [6.45, 7) is 5.59. The second-order valence-corrected chi connectivity index (χ2v) is 5.50. The van der Waals surface area contributed by atoms with Gasteiger partial charge in [-0.1, -0.05) is 0 Å². The first-order chi connectivity index (χ1) is 7.81. The number of ether oxygens (including phenoxy) is 1. The minimum Gasteiger partial charge on any atom is -0.444 e. The van der Waals surface area contributed by atoms with E-state index in [4.69, 9.17) is 9.94 Å². The zero-order valence-corrected chi connectivity index (χ0v) is 10.6. The molecule has 0 radical (unpaired) electrons. The lowest BCUT2D eigenvalue weighted by Crippen LogP contribution is -2.50. The van der Waals surface area contributed by atoms with Crippen molar-refractivity contribution in [1.29, 1.82) is 0 Å². The number of nitrogens with one attached hydrogen (secondary N) is 2. The number of aliphatic hydroxyl groups is 1. The molecular formula is C11H22N2O4. The van der Waals surface area contributed by atoms with Crippen molar-refractivity contribution in [3.05, 3.63) is 0 Å². The van der Waals surface area contributed by atoms with Gasteiger partial charge < -0.3 is 20.4 Å². The molecule has 1 amide bonds. The van der Waals surface area contributed by atoms with Crippen LogP contribution in [0.25, 0.3) is 0 Å². The highest BCUT2D eigenvalue weighted by molar-refractivity contribution is 5.68. The lowest BCUT2D eigenvalue weighted by molar-refractivity contribution is 0.00687. The lowest BCUT2D eigenvalue weighted by atomic mass is 9.77. The highest BCUT2D eigenvalue weighted by atomic mass is 16.6. The fourth-order valence-electron chi connectivity index (χ4n) is 1.83. The summed E-state index contributed by atoms with van der Waals surface area (Å²) in [7, 11) is 0. The van der Waals surface area contributed by atoms with Crippen LogP contribution in [-0.4, -0.2) is 40.7 Å². The van der Waals surface area contributed by atoms with Gasteiger partial charge in [-0.2, -0.15) is 0 Å². The van der Waals surface area contributed by atoms with Crippen LogP contribution < -0.4 is 10.8 Å². The van der Waals surface area contributed by atoms with Gasteiger partial charge in [-0.3, -0.25) is 0 Å². The summed E-state index contributed by atoms with van der Waals surface area (Å²) in [6, 6.07) is 0.0585. The molecule has 0 bridgehead atoms. The third kappa shape index (κ3) is 4.89. The minimum atomic E-state index is -0.573. The van der Waals surface area contributed by atoms with Crippen molar-refractivity contribution in [1.82, 2.24) is 10.8 Å². The van der Waals surface area contributed by atoms with E-state index in [0.29, 0.717) is 12.8 Å². The van der Waals surface area contributed by atoms with E-state index in [1.54, 1.807) is 0 Å². The summed E-state index contributed by atoms with van der Waals surface area (Å²) < 4.78 is 5.12. The molecule has 17 heavy (non-hydrogen) atoms. The maximum Gasteiger partial charge on any atom is 0.407 e. The highest BCUT2D eigenvalue weighted by Gasteiger charge is 2.35. The van der Waals surface area contributed by atoms with Crippen LogP contribution in [0.2, 0.25) is 0 Å². The lowest BCUT2D eigenvalue weighted by Gasteiger charge is -2.38. The van der Waals surface area contributed by atoms with Gasteiger partial charge >= 0.3 is 6.09 Å². The topological polar surface area (TPSA) is 90.8 Å². The number of carbonyl (C=O) groups is 1. The molecule has 1 aliphatic rings. The maximum atomic E-state index is 11.4. The van der Waals surface area contributed by atoms with E-state index >= 15 is 0 Å². The molecule has 1 aliphatic carbocycles. The predicted molar refractivity (Wildman–Crippen MR) is 61.7 cm³/mol. The van der Waals surface area contributed by atoms with E-state index in [9.17, 15) is 9.90 Å². The monoisotopic (exact) mass is 246 g/mol. The summed E-state index contributed by atoms with van der Waals surface area (Å²) in [5.41, 5.74) is 1.45. The molecule has 6 heteroatoms. The largest absolute Gasteiger partial charge is 0.444 e. The average molecular weight is 246 g/mol. The molecular weight excluding hydrogens is 224 g/mol. The molecule has 0 aromatic carbocycles. The van der Waals surface area contributed by atoms with Gasteiger partial charge in [0.2, 0.25) is 0 Å². The SMILES string of the molecule is CC(C)(C)OC(=O)N[C@H]1C[C@H](C(O)CNO)C1. The van der Waals surface area contributed by atoms with Crippen LogP contribution in [0, 0.1) is 5.92 Å². The Morgan fingerprint density at radius 3 is 2.53 bits per heavy atom. The molecule has 1 unspecified atom stereocenters. The fourth-order valence-corrected chi connectivity index (χ4v) is 1.83. The Labute approximate surface area is 101 Å². The second-order valence-electron chi connectivity index (χ2n) is 5.50. The van der Waals surface area contributed by atoms with Gasteiger partial charge in [-0.25, -0.2) is 10.3 Å². The van der Waals surface area contributed by atoms with E-state index in [1.807, 2.05) is 26.3 Å². The Balaban J connectivity index is 2.19. The van der Waals surface area contributed by atoms with Crippen molar-refractivity contribution in [2.75, 3.05) is 6.54 Å². The Kier molecular flexibility index (Phi) is 4.73. The van der Waals surface area contributed by atoms with Crippen LogP contribution in [0.15, 0.2) is 0 Å². The van der Waals surface area contributed by atoms with Gasteiger partial charge in [-0.05, 0) is 39.5 Å². The van der Waals surface area contributed by atoms with Gasteiger partial charge in [0.25, 0.3) is 0 Å². The molecule has 0 saturated heterocycles. The van der Waals surface area contributed by atoms with Crippen LogP contribution in [0.5, 0.6) is 0 Å². The Morgan fingerprint density at radius 1 is 1.47 bits per heavy atom. The first kappa shape index (κ1) is 14.2.